The summed E-state index contributed by atoms with van der Waals surface area (Å²) in [4.78, 5) is 13.6. The van der Waals surface area contributed by atoms with Gasteiger partial charge in [0, 0.05) is 26.7 Å². The standard InChI is InChI=1S/C14H19FN2O2/c1-17(14(18)11-8-16-9-11)6-5-10-3-4-13(19-2)12(15)7-10/h3-4,7,11,16H,5-6,8-9H2,1-2H3. The highest BCUT2D eigenvalue weighted by atomic mass is 19.1. The third-order valence-electron chi connectivity index (χ3n) is 3.46. The Kier molecular flexibility index (Phi) is 4.37. The lowest BCUT2D eigenvalue weighted by Gasteiger charge is -2.30. The number of ether oxygens (including phenoxy) is 1. The zero-order valence-corrected chi connectivity index (χ0v) is 11.3. The van der Waals surface area contributed by atoms with Gasteiger partial charge in [-0.3, -0.25) is 4.79 Å². The predicted molar refractivity (Wildman–Crippen MR) is 70.7 cm³/mol. The van der Waals surface area contributed by atoms with Gasteiger partial charge >= 0.3 is 0 Å². The van der Waals surface area contributed by atoms with Gasteiger partial charge in [0.1, 0.15) is 0 Å². The Bertz CT molecular complexity index is 461. The van der Waals surface area contributed by atoms with Gasteiger partial charge in [0.15, 0.2) is 11.6 Å². The highest BCUT2D eigenvalue weighted by Gasteiger charge is 2.27. The third kappa shape index (κ3) is 3.23. The zero-order valence-electron chi connectivity index (χ0n) is 11.3. The van der Waals surface area contributed by atoms with Crippen molar-refractivity contribution in [2.45, 2.75) is 6.42 Å². The Morgan fingerprint density at radius 3 is 2.79 bits per heavy atom. The summed E-state index contributed by atoms with van der Waals surface area (Å²) in [5, 5.41) is 3.08. The Balaban J connectivity index is 1.87. The Morgan fingerprint density at radius 1 is 1.53 bits per heavy atom. The molecule has 1 aliphatic rings. The smallest absolute Gasteiger partial charge is 0.228 e. The number of hydrogen-bond donors (Lipinski definition) is 1. The van der Waals surface area contributed by atoms with Crippen LogP contribution in [0.2, 0.25) is 0 Å². The van der Waals surface area contributed by atoms with Crippen LogP contribution in [0, 0.1) is 11.7 Å². The van der Waals surface area contributed by atoms with Crippen molar-refractivity contribution in [1.29, 1.82) is 0 Å². The molecule has 1 fully saturated rings. The molecular weight excluding hydrogens is 247 g/mol. The molecule has 1 saturated heterocycles. The average molecular weight is 266 g/mol. The number of methoxy groups -OCH3 is 1. The highest BCUT2D eigenvalue weighted by molar-refractivity contribution is 5.79. The first-order valence-electron chi connectivity index (χ1n) is 6.40. The van der Waals surface area contributed by atoms with Gasteiger partial charge in [-0.2, -0.15) is 0 Å². The van der Waals surface area contributed by atoms with E-state index in [1.165, 1.54) is 13.2 Å². The summed E-state index contributed by atoms with van der Waals surface area (Å²) < 4.78 is 18.4. The zero-order chi connectivity index (χ0) is 13.8. The fourth-order valence-corrected chi connectivity index (χ4v) is 2.05. The normalized spacial score (nSPS) is 14.9. The molecule has 5 heteroatoms. The second kappa shape index (κ2) is 6.02. The lowest BCUT2D eigenvalue weighted by Crippen LogP contribution is -2.51. The van der Waals surface area contributed by atoms with E-state index in [1.807, 2.05) is 6.07 Å². The van der Waals surface area contributed by atoms with Gasteiger partial charge < -0.3 is 15.0 Å². The second-order valence-corrected chi connectivity index (χ2v) is 4.83. The van der Waals surface area contributed by atoms with E-state index < -0.39 is 0 Å². The first-order valence-corrected chi connectivity index (χ1v) is 6.40. The Labute approximate surface area is 112 Å². The maximum absolute atomic E-state index is 13.5. The van der Waals surface area contributed by atoms with Crippen LogP contribution in [0.25, 0.3) is 0 Å². The van der Waals surface area contributed by atoms with E-state index in [0.29, 0.717) is 13.0 Å². The van der Waals surface area contributed by atoms with Crippen LogP contribution in [-0.4, -0.2) is 44.6 Å². The minimum absolute atomic E-state index is 0.109. The van der Waals surface area contributed by atoms with Crippen LogP contribution in [-0.2, 0) is 11.2 Å². The largest absolute Gasteiger partial charge is 0.494 e. The number of halogens is 1. The summed E-state index contributed by atoms with van der Waals surface area (Å²) in [5.41, 5.74) is 0.865. The highest BCUT2D eigenvalue weighted by Crippen LogP contribution is 2.18. The molecule has 1 aromatic carbocycles. The maximum atomic E-state index is 13.5. The first kappa shape index (κ1) is 13.8. The number of carbonyl (C=O) groups excluding carboxylic acids is 1. The van der Waals surface area contributed by atoms with Crippen LogP contribution in [0.3, 0.4) is 0 Å². The predicted octanol–water partition coefficient (Wildman–Crippen LogP) is 1.05. The van der Waals surface area contributed by atoms with Crippen molar-refractivity contribution in [3.05, 3.63) is 29.6 Å². The summed E-state index contributed by atoms with van der Waals surface area (Å²) in [6.07, 6.45) is 0.642. The molecular formula is C14H19FN2O2. The molecule has 104 valence electrons. The fourth-order valence-electron chi connectivity index (χ4n) is 2.05. The van der Waals surface area contributed by atoms with Gasteiger partial charge in [-0.1, -0.05) is 6.07 Å². The van der Waals surface area contributed by atoms with Crippen LogP contribution < -0.4 is 10.1 Å². The summed E-state index contributed by atoms with van der Waals surface area (Å²) in [7, 11) is 3.23. The Hall–Kier alpha value is -1.62. The monoisotopic (exact) mass is 266 g/mol. The van der Waals surface area contributed by atoms with E-state index in [1.54, 1.807) is 18.0 Å². The van der Waals surface area contributed by atoms with E-state index >= 15 is 0 Å². The van der Waals surface area contributed by atoms with Crippen LogP contribution in [0.1, 0.15) is 5.56 Å². The van der Waals surface area contributed by atoms with Crippen LogP contribution in [0.5, 0.6) is 5.75 Å². The summed E-state index contributed by atoms with van der Waals surface area (Å²) in [5.74, 6) is 0.149. The molecule has 1 aromatic rings. The molecule has 0 atom stereocenters. The third-order valence-corrected chi connectivity index (χ3v) is 3.46. The molecule has 1 heterocycles. The number of carbonyl (C=O) groups is 1. The molecule has 19 heavy (non-hydrogen) atoms. The minimum atomic E-state index is -0.364. The van der Waals surface area contributed by atoms with Gasteiger partial charge in [-0.05, 0) is 24.1 Å². The molecule has 0 bridgehead atoms. The molecule has 0 radical (unpaired) electrons. The molecule has 1 aliphatic heterocycles. The average Bonchev–Trinajstić information content (AvgIpc) is 2.34. The molecule has 0 aliphatic carbocycles. The number of rotatable bonds is 5. The van der Waals surface area contributed by atoms with E-state index in [9.17, 15) is 9.18 Å². The van der Waals surface area contributed by atoms with Gasteiger partial charge in [0.05, 0.1) is 13.0 Å². The molecule has 0 saturated carbocycles. The number of nitrogens with one attached hydrogen (secondary N) is 1. The van der Waals surface area contributed by atoms with Gasteiger partial charge in [-0.15, -0.1) is 0 Å². The summed E-state index contributed by atoms with van der Waals surface area (Å²) in [6, 6.07) is 4.90. The van der Waals surface area contributed by atoms with E-state index in [-0.39, 0.29) is 23.4 Å². The summed E-state index contributed by atoms with van der Waals surface area (Å²) in [6.45, 7) is 2.13. The number of benzene rings is 1. The fraction of sp³-hybridized carbons (Fsp3) is 0.500. The van der Waals surface area contributed by atoms with Crippen molar-refractivity contribution in [3.8, 4) is 5.75 Å². The lowest BCUT2D eigenvalue weighted by molar-refractivity contribution is -0.135. The second-order valence-electron chi connectivity index (χ2n) is 4.83. The minimum Gasteiger partial charge on any atom is -0.494 e. The number of likely N-dealkylation sites (N-methyl/N-ethyl adjacent to an activating group) is 1. The van der Waals surface area contributed by atoms with Crippen molar-refractivity contribution in [2.75, 3.05) is 33.8 Å². The molecule has 1 N–H and O–H groups in total. The van der Waals surface area contributed by atoms with Gasteiger partial charge in [0.2, 0.25) is 5.91 Å². The Morgan fingerprint density at radius 2 is 2.26 bits per heavy atom. The molecule has 1 amide bonds. The van der Waals surface area contributed by atoms with Crippen LogP contribution in [0.15, 0.2) is 18.2 Å². The lowest BCUT2D eigenvalue weighted by atomic mass is 10.0. The van der Waals surface area contributed by atoms with Gasteiger partial charge in [0.25, 0.3) is 0 Å². The molecule has 0 spiro atoms. The van der Waals surface area contributed by atoms with Crippen molar-refractivity contribution in [3.63, 3.8) is 0 Å². The first-order chi connectivity index (χ1) is 9.11. The molecule has 0 aromatic heterocycles. The van der Waals surface area contributed by atoms with Gasteiger partial charge in [-0.25, -0.2) is 4.39 Å². The summed E-state index contributed by atoms with van der Waals surface area (Å²) >= 11 is 0. The number of nitrogens with zero attached hydrogens (tertiary/aromatic N) is 1. The van der Waals surface area contributed by atoms with E-state index in [2.05, 4.69) is 5.32 Å². The molecule has 2 rings (SSSR count). The van der Waals surface area contributed by atoms with Crippen LogP contribution in [0.4, 0.5) is 4.39 Å². The van der Waals surface area contributed by atoms with Crippen LogP contribution >= 0.6 is 0 Å². The quantitative estimate of drug-likeness (QED) is 0.866. The molecule has 4 nitrogen and oxygen atoms in total. The van der Waals surface area contributed by atoms with Crippen molar-refractivity contribution in [2.24, 2.45) is 5.92 Å². The molecule has 0 unspecified atom stereocenters. The van der Waals surface area contributed by atoms with Crippen molar-refractivity contribution >= 4 is 5.91 Å². The van der Waals surface area contributed by atoms with Crippen molar-refractivity contribution in [1.82, 2.24) is 10.2 Å². The maximum Gasteiger partial charge on any atom is 0.228 e. The SMILES string of the molecule is COc1ccc(CCN(C)C(=O)C2CNC2)cc1F. The van der Waals surface area contributed by atoms with E-state index in [4.69, 9.17) is 4.74 Å². The number of amides is 1. The van der Waals surface area contributed by atoms with Crippen molar-refractivity contribution < 1.29 is 13.9 Å². The topological polar surface area (TPSA) is 41.6 Å². The number of hydrogen-bond acceptors (Lipinski definition) is 3. The van der Waals surface area contributed by atoms with E-state index in [0.717, 1.165) is 18.7 Å².